The molecule has 7 heteroatoms. The quantitative estimate of drug-likeness (QED) is 0.214. The number of hydrogen-bond acceptors (Lipinski definition) is 2. The third-order valence-corrected chi connectivity index (χ3v) is 90.8. The summed E-state index contributed by atoms with van der Waals surface area (Å²) in [5.74, 6) is 0. The molecule has 10 aliphatic rings. The molecular formula is C36H54FeN2P2Si2. The van der Waals surface area contributed by atoms with E-state index in [1.807, 2.05) is 0 Å². The van der Waals surface area contributed by atoms with Crippen LogP contribution in [0.2, 0.25) is 84.7 Å². The Hall–Kier alpha value is 0.113. The minimum atomic E-state index is -4.48. The summed E-state index contributed by atoms with van der Waals surface area (Å²) in [4.78, 5) is 17.9. The number of rotatable bonds is 7. The molecule has 6 unspecified atom stereocenters. The van der Waals surface area contributed by atoms with Gasteiger partial charge in [0.25, 0.3) is 0 Å². The van der Waals surface area contributed by atoms with Crippen molar-refractivity contribution in [3.05, 3.63) is 60.2 Å². The summed E-state index contributed by atoms with van der Waals surface area (Å²) < 4.78 is 2.75. The van der Waals surface area contributed by atoms with Crippen molar-refractivity contribution in [3.63, 3.8) is 0 Å². The molecule has 0 aliphatic carbocycles. The van der Waals surface area contributed by atoms with E-state index in [2.05, 4.69) is 139 Å². The van der Waals surface area contributed by atoms with E-state index >= 15 is 0 Å². The van der Waals surface area contributed by atoms with Gasteiger partial charge in [-0.2, -0.15) is 0 Å². The minimum absolute atomic E-state index is 0.143. The van der Waals surface area contributed by atoms with Gasteiger partial charge in [-0.3, -0.25) is 0 Å². The first-order valence-electron chi connectivity index (χ1n) is 17.1. The van der Waals surface area contributed by atoms with Gasteiger partial charge in [0.1, 0.15) is 0 Å². The SMILES string of the molecule is CC(C)(C)P(C[C]12[C]3(C(P)(c4ccccn4)c4ccccn4)[CH]4[C]5([Si](C)(C)C)[C]1([Si](C)(C)C)[Fe]42351678[CH]2[CH]1[CH]6[CH]7[CH]28)C(C)(C)C. The second kappa shape index (κ2) is 3.79. The van der Waals surface area contributed by atoms with E-state index in [0.717, 1.165) is 12.7 Å². The normalized spacial score (nSPS) is 61.6. The van der Waals surface area contributed by atoms with Crippen LogP contribution in [0.25, 0.3) is 0 Å². The van der Waals surface area contributed by atoms with E-state index in [-0.39, 0.29) is 13.1 Å². The molecule has 0 amide bonds. The van der Waals surface area contributed by atoms with Crippen LogP contribution in [0.4, 0.5) is 0 Å². The molecule has 12 rings (SSSR count). The van der Waals surface area contributed by atoms with E-state index in [9.17, 15) is 0 Å². The molecule has 0 N–H and O–H groups in total. The molecule has 0 bridgehead atoms. The second-order valence-corrected chi connectivity index (χ2v) is 61.6. The van der Waals surface area contributed by atoms with Crippen LogP contribution in [0, 0.1) is 0 Å². The van der Waals surface area contributed by atoms with Crippen molar-refractivity contribution >= 4 is 33.3 Å². The monoisotopic (exact) mass is 688 g/mol. The fourth-order valence-corrected chi connectivity index (χ4v) is 174. The second-order valence-electron chi connectivity index (χ2n) is 22.7. The van der Waals surface area contributed by atoms with Crippen LogP contribution in [0.1, 0.15) is 52.9 Å². The summed E-state index contributed by atoms with van der Waals surface area (Å²) in [5.41, 5.74) is 2.69. The van der Waals surface area contributed by atoms with E-state index in [4.69, 9.17) is 9.97 Å². The fourth-order valence-electron chi connectivity index (χ4n) is 27.3. The Bertz CT molecular complexity index is 2070. The van der Waals surface area contributed by atoms with Crippen molar-refractivity contribution in [1.82, 2.24) is 9.97 Å². The van der Waals surface area contributed by atoms with E-state index in [1.54, 1.807) is 6.16 Å². The molecule has 10 fully saturated rings. The molecule has 1 spiro atoms. The van der Waals surface area contributed by atoms with E-state index in [1.165, 1.54) is 35.5 Å². The molecule has 0 radical (unpaired) electrons. The van der Waals surface area contributed by atoms with Crippen molar-refractivity contribution < 1.29 is 6.51 Å². The third-order valence-electron chi connectivity index (χ3n) is 22.3. The summed E-state index contributed by atoms with van der Waals surface area (Å²) in [6, 6.07) is 13.7. The number of nitrogens with zero attached hydrogens (tertiary/aromatic N) is 2. The topological polar surface area (TPSA) is 25.8 Å². The van der Waals surface area contributed by atoms with Crippen LogP contribution in [-0.4, -0.2) is 42.6 Å². The van der Waals surface area contributed by atoms with Gasteiger partial charge < -0.3 is 0 Å². The molecule has 10 aliphatic heterocycles. The van der Waals surface area contributed by atoms with Gasteiger partial charge in [-0.15, -0.1) is 0 Å². The molecular weight excluding hydrogens is 634 g/mol. The zero-order chi connectivity index (χ0) is 30.8. The molecule has 12 heterocycles. The number of pyridine rings is 2. The van der Waals surface area contributed by atoms with Crippen molar-refractivity contribution in [2.24, 2.45) is 0 Å². The first kappa shape index (κ1) is 26.1. The van der Waals surface area contributed by atoms with Gasteiger partial charge in [-0.25, -0.2) is 0 Å². The molecule has 10 saturated heterocycles. The van der Waals surface area contributed by atoms with Crippen molar-refractivity contribution in [3.8, 4) is 0 Å². The van der Waals surface area contributed by atoms with Crippen molar-refractivity contribution in [2.75, 3.05) is 6.16 Å². The van der Waals surface area contributed by atoms with Crippen LogP contribution < -0.4 is 0 Å². The molecule has 6 atom stereocenters. The molecule has 2 nitrogen and oxygen atoms in total. The zero-order valence-corrected chi connectivity index (χ0v) is 33.7. The Morgan fingerprint density at radius 1 is 0.744 bits per heavy atom. The standard InChI is InChI=1S/C31H49N2P2Si2.C5H5.Fe/c1-29(2,3)35(30(4,5)6)22-23-24(21-25(36(7,8)9)28(23)37(10,11)12)31(34,26-17-13-15-19-32-26)27-18-14-16-20-33-27;1-2-4-5-3-1;/h13-21H,22,34H2,1-12H3;1-5H;. The molecule has 43 heavy (non-hydrogen) atoms. The first-order chi connectivity index (χ1) is 19.5. The Kier molecular flexibility index (Phi) is 2.30. The van der Waals surface area contributed by atoms with Gasteiger partial charge in [0, 0.05) is 0 Å². The molecule has 2 aromatic heterocycles. The third kappa shape index (κ3) is 0.633. The van der Waals surface area contributed by atoms with E-state index in [0.29, 0.717) is 18.9 Å². The summed E-state index contributed by atoms with van der Waals surface area (Å²) in [6.07, 6.45) is 5.80. The Labute approximate surface area is 256 Å². The van der Waals surface area contributed by atoms with Gasteiger partial charge >= 0.3 is 258 Å². The summed E-state index contributed by atoms with van der Waals surface area (Å²) in [5, 5.41) is 0.584. The first-order valence-corrected chi connectivity index (χ1v) is 32.3. The number of aromatic nitrogens is 2. The maximum atomic E-state index is 5.38. The average molecular weight is 689 g/mol. The number of hydrogen-bond donors (Lipinski definition) is 0. The molecule has 0 aromatic carbocycles. The number of fused-ring (bicyclic) bond motifs is 10. The average Bonchev–Trinajstić information content (AvgIpc) is 3.84. The van der Waals surface area contributed by atoms with Gasteiger partial charge in [0.2, 0.25) is 0 Å². The van der Waals surface area contributed by atoms with E-state index < -0.39 is 22.7 Å². The Morgan fingerprint density at radius 3 is 1.49 bits per heavy atom. The van der Waals surface area contributed by atoms with Gasteiger partial charge in [0.05, 0.1) is 0 Å². The zero-order valence-electron chi connectivity index (χ0n) is 28.6. The van der Waals surface area contributed by atoms with Crippen LogP contribution >= 0.6 is 17.2 Å². The fraction of sp³-hybridized carbons (Fsp3) is 0.722. The predicted molar refractivity (Wildman–Crippen MR) is 190 cm³/mol. The van der Waals surface area contributed by atoms with Crippen molar-refractivity contribution in [2.45, 2.75) is 142 Å². The van der Waals surface area contributed by atoms with Crippen LogP contribution in [0.5, 0.6) is 0 Å². The molecule has 234 valence electrons. The van der Waals surface area contributed by atoms with Crippen LogP contribution in [0.3, 0.4) is 0 Å². The predicted octanol–water partition coefficient (Wildman–Crippen LogP) is 11.3. The molecule has 0 saturated carbocycles. The Morgan fingerprint density at radius 2 is 1.19 bits per heavy atom. The summed E-state index contributed by atoms with van der Waals surface area (Å²) in [7, 11) is 0.460. The van der Waals surface area contributed by atoms with Gasteiger partial charge in [-0.05, 0) is 0 Å². The molecule has 2 aromatic rings. The summed E-state index contributed by atoms with van der Waals surface area (Å²) >= 11 is 0. The Balaban J connectivity index is 1.29. The van der Waals surface area contributed by atoms with Gasteiger partial charge in [0.15, 0.2) is 0 Å². The van der Waals surface area contributed by atoms with Gasteiger partial charge in [-0.1, -0.05) is 0 Å². The maximum absolute atomic E-state index is 5.38. The van der Waals surface area contributed by atoms with Crippen LogP contribution in [0.15, 0.2) is 48.8 Å². The van der Waals surface area contributed by atoms with Crippen molar-refractivity contribution in [1.29, 1.82) is 0 Å². The van der Waals surface area contributed by atoms with Crippen LogP contribution in [-0.2, 0) is 11.7 Å². The summed E-state index contributed by atoms with van der Waals surface area (Å²) in [6.45, 7) is 28.8.